The molecule has 1 fully saturated rings. The van der Waals surface area contributed by atoms with Crippen molar-refractivity contribution >= 4 is 38.4 Å². The monoisotopic (exact) mass is 826 g/mol. The van der Waals surface area contributed by atoms with E-state index in [0.717, 1.165) is 24.5 Å². The van der Waals surface area contributed by atoms with E-state index in [1.54, 1.807) is 36.7 Å². The highest BCUT2D eigenvalue weighted by Gasteiger charge is 2.27. The number of pyridine rings is 1. The number of benzene rings is 3. The van der Waals surface area contributed by atoms with E-state index in [4.69, 9.17) is 9.57 Å². The third kappa shape index (κ3) is 8.62. The molecule has 7 rings (SSSR count). The number of carbonyl (C=O) groups is 2. The van der Waals surface area contributed by atoms with Gasteiger partial charge in [-0.2, -0.15) is 0 Å². The second-order valence-electron chi connectivity index (χ2n) is 13.6. The molecule has 3 aromatic carbocycles. The third-order valence-electron chi connectivity index (χ3n) is 9.78. The number of para-hydroxylation sites is 1. The van der Waals surface area contributed by atoms with Gasteiger partial charge in [-0.3, -0.25) is 28.5 Å². The highest BCUT2D eigenvalue weighted by atomic mass is 32.2. The maximum atomic E-state index is 15.4. The lowest BCUT2D eigenvalue weighted by molar-refractivity contribution is -0.133. The molecule has 0 aliphatic carbocycles. The van der Waals surface area contributed by atoms with Crippen molar-refractivity contribution in [3.8, 4) is 16.9 Å². The summed E-state index contributed by atoms with van der Waals surface area (Å²) in [6, 6.07) is 14.7. The molecule has 16 nitrogen and oxygen atoms in total. The molecule has 1 atom stereocenters. The summed E-state index contributed by atoms with van der Waals surface area (Å²) >= 11 is 0. The standard InChI is InChI=1S/C40H36F2N8O8S/c1-49-34-6-4-3-5-28(34)39(53)50(40(49)54)35-12-7-23(20-43-35)17-33(38(52)47-57-2)46-37(51)29-18-31(42)32(19-30(29)41)48-59(55,56)27-10-8-24(9-11-27)26-21-44-36(45-22-26)25-13-15-58-16-14-25/h3-12,18-22,25,33,48H,13-17H2,1-2H3,(H,46,51)(H,47,52)/t33-/m0/s1. The molecule has 59 heavy (non-hydrogen) atoms. The summed E-state index contributed by atoms with van der Waals surface area (Å²) in [5.74, 6) is -3.72. The van der Waals surface area contributed by atoms with Gasteiger partial charge in [0, 0.05) is 62.8 Å². The van der Waals surface area contributed by atoms with Crippen LogP contribution in [0.4, 0.5) is 14.5 Å². The molecule has 0 spiro atoms. The van der Waals surface area contributed by atoms with Gasteiger partial charge in [-0.15, -0.1) is 0 Å². The van der Waals surface area contributed by atoms with Crippen molar-refractivity contribution < 1.29 is 36.4 Å². The zero-order valence-electron chi connectivity index (χ0n) is 31.5. The smallest absolute Gasteiger partial charge is 0.337 e. The lowest BCUT2D eigenvalue weighted by Gasteiger charge is -2.20. The summed E-state index contributed by atoms with van der Waals surface area (Å²) in [5.41, 5.74) is 1.33. The van der Waals surface area contributed by atoms with E-state index in [2.05, 4.69) is 25.7 Å². The average molecular weight is 827 g/mol. The van der Waals surface area contributed by atoms with Crippen LogP contribution < -0.4 is 26.8 Å². The zero-order valence-corrected chi connectivity index (χ0v) is 32.3. The van der Waals surface area contributed by atoms with Gasteiger partial charge in [-0.25, -0.2) is 47.0 Å². The molecule has 1 aliphatic rings. The average Bonchev–Trinajstić information content (AvgIpc) is 3.25. The fourth-order valence-electron chi connectivity index (χ4n) is 6.61. The highest BCUT2D eigenvalue weighted by Crippen LogP contribution is 2.27. The first-order valence-electron chi connectivity index (χ1n) is 18.2. The van der Waals surface area contributed by atoms with Crippen LogP contribution in [0.3, 0.4) is 0 Å². The van der Waals surface area contributed by atoms with E-state index < -0.39 is 62.0 Å². The number of anilines is 1. The Labute approximate surface area is 334 Å². The number of ether oxygens (including phenoxy) is 1. The number of sulfonamides is 1. The minimum atomic E-state index is -4.43. The molecule has 0 radical (unpaired) electrons. The lowest BCUT2D eigenvalue weighted by Crippen LogP contribution is -2.48. The molecule has 6 aromatic rings. The molecule has 3 N–H and O–H groups in total. The Bertz CT molecular complexity index is 2780. The van der Waals surface area contributed by atoms with Gasteiger partial charge in [-0.05, 0) is 60.4 Å². The van der Waals surface area contributed by atoms with Gasteiger partial charge in [-0.1, -0.05) is 30.3 Å². The SMILES string of the molecule is CONC(=O)[C@H](Cc1ccc(-n2c(=O)c3ccccc3n(C)c2=O)nc1)NC(=O)c1cc(F)c(NS(=O)(=O)c2ccc(-c3cnc(C4CCOCC4)nc3)cc2)cc1F. The van der Waals surface area contributed by atoms with E-state index in [9.17, 15) is 27.6 Å². The molecular formula is C40H36F2N8O8S. The maximum absolute atomic E-state index is 15.4. The molecule has 3 aromatic heterocycles. The number of aromatic nitrogens is 5. The summed E-state index contributed by atoms with van der Waals surface area (Å²) < 4.78 is 66.8. The fraction of sp³-hybridized carbons (Fsp3) is 0.225. The summed E-state index contributed by atoms with van der Waals surface area (Å²) in [5, 5.41) is 2.62. The van der Waals surface area contributed by atoms with Crippen LogP contribution in [0.5, 0.6) is 0 Å². The number of rotatable bonds is 12. The van der Waals surface area contributed by atoms with Crippen molar-refractivity contribution in [2.45, 2.75) is 36.1 Å². The molecule has 0 unspecified atom stereocenters. The first-order valence-corrected chi connectivity index (χ1v) is 19.6. The van der Waals surface area contributed by atoms with Gasteiger partial charge in [0.15, 0.2) is 0 Å². The largest absolute Gasteiger partial charge is 0.381 e. The summed E-state index contributed by atoms with van der Waals surface area (Å²) in [4.78, 5) is 70.1. The van der Waals surface area contributed by atoms with Crippen LogP contribution in [0.1, 0.15) is 40.5 Å². The van der Waals surface area contributed by atoms with Gasteiger partial charge in [0.1, 0.15) is 29.3 Å². The van der Waals surface area contributed by atoms with E-state index in [1.165, 1.54) is 54.2 Å². The van der Waals surface area contributed by atoms with Crippen molar-refractivity contribution in [2.75, 3.05) is 25.0 Å². The topological polar surface area (TPSA) is 206 Å². The highest BCUT2D eigenvalue weighted by molar-refractivity contribution is 7.92. The van der Waals surface area contributed by atoms with Crippen molar-refractivity contribution in [1.82, 2.24) is 34.9 Å². The van der Waals surface area contributed by atoms with E-state index >= 15 is 8.78 Å². The summed E-state index contributed by atoms with van der Waals surface area (Å²) in [6.07, 6.45) is 6.00. The number of nitrogens with zero attached hydrogens (tertiary/aromatic N) is 5. The van der Waals surface area contributed by atoms with Crippen molar-refractivity contribution in [2.24, 2.45) is 7.05 Å². The number of nitrogens with one attached hydrogen (secondary N) is 3. The second-order valence-corrected chi connectivity index (χ2v) is 15.3. The number of hydrogen-bond donors (Lipinski definition) is 3. The minimum absolute atomic E-state index is 0.000659. The number of carbonyl (C=O) groups excluding carboxylic acids is 2. The van der Waals surface area contributed by atoms with E-state index in [0.29, 0.717) is 58.8 Å². The van der Waals surface area contributed by atoms with Gasteiger partial charge in [0.25, 0.3) is 27.4 Å². The van der Waals surface area contributed by atoms with Gasteiger partial charge in [0.05, 0.1) is 34.2 Å². The normalized spacial score (nSPS) is 13.8. The molecule has 304 valence electrons. The Kier molecular flexibility index (Phi) is 11.7. The van der Waals surface area contributed by atoms with Crippen LogP contribution in [-0.2, 0) is 37.9 Å². The third-order valence-corrected chi connectivity index (χ3v) is 11.2. The number of hydrogen-bond acceptors (Lipinski definition) is 11. The molecule has 4 heterocycles. The molecule has 19 heteroatoms. The molecular weight excluding hydrogens is 791 g/mol. The zero-order chi connectivity index (χ0) is 41.8. The predicted molar refractivity (Wildman–Crippen MR) is 210 cm³/mol. The summed E-state index contributed by atoms with van der Waals surface area (Å²) in [7, 11) is -1.76. The number of aryl methyl sites for hydroxylation is 1. The van der Waals surface area contributed by atoms with E-state index in [1.807, 2.05) is 4.72 Å². The first kappa shape index (κ1) is 40.5. The Hall–Kier alpha value is -6.70. The Balaban J connectivity index is 1.04. The number of amides is 2. The number of fused-ring (bicyclic) bond motifs is 1. The molecule has 0 saturated carbocycles. The van der Waals surface area contributed by atoms with Crippen LogP contribution in [0.25, 0.3) is 27.8 Å². The Morgan fingerprint density at radius 3 is 2.31 bits per heavy atom. The van der Waals surface area contributed by atoms with Crippen LogP contribution in [0.15, 0.2) is 106 Å². The van der Waals surface area contributed by atoms with Crippen LogP contribution in [0, 0.1) is 11.6 Å². The van der Waals surface area contributed by atoms with Crippen LogP contribution in [-0.4, -0.2) is 70.7 Å². The van der Waals surface area contributed by atoms with Gasteiger partial charge >= 0.3 is 5.69 Å². The minimum Gasteiger partial charge on any atom is -0.381 e. The number of halogens is 2. The van der Waals surface area contributed by atoms with Crippen molar-refractivity contribution in [3.05, 3.63) is 141 Å². The Morgan fingerprint density at radius 1 is 0.915 bits per heavy atom. The maximum Gasteiger partial charge on any atom is 0.337 e. The number of hydroxylamine groups is 1. The van der Waals surface area contributed by atoms with Gasteiger partial charge in [0.2, 0.25) is 0 Å². The van der Waals surface area contributed by atoms with Crippen molar-refractivity contribution in [3.63, 3.8) is 0 Å². The molecule has 1 saturated heterocycles. The predicted octanol–water partition coefficient (Wildman–Crippen LogP) is 3.53. The quantitative estimate of drug-likeness (QED) is 0.152. The molecule has 1 aliphatic heterocycles. The first-order chi connectivity index (χ1) is 28.3. The molecule has 0 bridgehead atoms. The van der Waals surface area contributed by atoms with Crippen molar-refractivity contribution in [1.29, 1.82) is 0 Å². The lowest BCUT2D eigenvalue weighted by atomic mass is 9.99. The van der Waals surface area contributed by atoms with Crippen LogP contribution in [0.2, 0.25) is 0 Å². The second kappa shape index (κ2) is 17.0. The van der Waals surface area contributed by atoms with Gasteiger partial charge < -0.3 is 10.1 Å². The van der Waals surface area contributed by atoms with E-state index in [-0.39, 0.29) is 23.1 Å². The van der Waals surface area contributed by atoms with Crippen LogP contribution >= 0.6 is 0 Å². The summed E-state index contributed by atoms with van der Waals surface area (Å²) in [6.45, 7) is 1.29. The fourth-order valence-corrected chi connectivity index (χ4v) is 7.67. The Morgan fingerprint density at radius 2 is 1.63 bits per heavy atom. The molecule has 2 amide bonds.